The van der Waals surface area contributed by atoms with E-state index in [1.54, 1.807) is 25.6 Å². The van der Waals surface area contributed by atoms with Gasteiger partial charge in [0, 0.05) is 6.20 Å². The first-order chi connectivity index (χ1) is 13.4. The molecule has 0 saturated heterocycles. The fourth-order valence-electron chi connectivity index (χ4n) is 3.08. The summed E-state index contributed by atoms with van der Waals surface area (Å²) in [4.78, 5) is 23.3. The summed E-state index contributed by atoms with van der Waals surface area (Å²) in [5.41, 5.74) is 1.29. The number of aryl methyl sites for hydroxylation is 1. The first kappa shape index (κ1) is 19.8. The number of thioether (sulfide) groups is 1. The summed E-state index contributed by atoms with van der Waals surface area (Å²) in [6.45, 7) is 3.04. The first-order valence-corrected chi connectivity index (χ1v) is 10.1. The van der Waals surface area contributed by atoms with Crippen molar-refractivity contribution in [2.75, 3.05) is 12.0 Å². The molecule has 28 heavy (non-hydrogen) atoms. The van der Waals surface area contributed by atoms with Crippen LogP contribution in [0.15, 0.2) is 24.4 Å². The molecule has 0 bridgehead atoms. The summed E-state index contributed by atoms with van der Waals surface area (Å²) in [6.07, 6.45) is 4.53. The molecule has 0 radical (unpaired) electrons. The van der Waals surface area contributed by atoms with Crippen molar-refractivity contribution in [2.24, 2.45) is 0 Å². The number of rotatable bonds is 8. The lowest BCUT2D eigenvalue weighted by atomic mass is 10.2. The van der Waals surface area contributed by atoms with Crippen molar-refractivity contribution in [1.82, 2.24) is 29.7 Å². The van der Waals surface area contributed by atoms with Gasteiger partial charge in [-0.15, -0.1) is 10.2 Å². The molecule has 10 nitrogen and oxygen atoms in total. The van der Waals surface area contributed by atoms with Crippen LogP contribution in [-0.2, 0) is 11.3 Å². The van der Waals surface area contributed by atoms with E-state index in [4.69, 9.17) is 0 Å². The summed E-state index contributed by atoms with van der Waals surface area (Å²) < 4.78 is 3.20. The number of nitro groups is 1. The Kier molecular flexibility index (Phi) is 5.93. The second kappa shape index (κ2) is 8.38. The van der Waals surface area contributed by atoms with Gasteiger partial charge >= 0.3 is 5.69 Å². The molecule has 0 aliphatic heterocycles. The van der Waals surface area contributed by atoms with Gasteiger partial charge in [-0.1, -0.05) is 6.07 Å². The second-order valence-corrected chi connectivity index (χ2v) is 7.31. The average Bonchev–Trinajstić information content (AvgIpc) is 3.19. The van der Waals surface area contributed by atoms with Crippen molar-refractivity contribution in [3.8, 4) is 0 Å². The second-order valence-electron chi connectivity index (χ2n) is 6.32. The molecule has 1 N–H and O–H groups in total. The van der Waals surface area contributed by atoms with Crippen LogP contribution in [0.3, 0.4) is 0 Å². The number of hydrogen-bond acceptors (Lipinski definition) is 7. The third kappa shape index (κ3) is 3.98. The Morgan fingerprint density at radius 1 is 1.36 bits per heavy atom. The predicted molar refractivity (Wildman–Crippen MR) is 105 cm³/mol. The smallest absolute Gasteiger partial charge is 0.312 e. The van der Waals surface area contributed by atoms with E-state index in [1.165, 1.54) is 4.68 Å². The fourth-order valence-corrected chi connectivity index (χ4v) is 3.55. The van der Waals surface area contributed by atoms with Gasteiger partial charge in [-0.25, -0.2) is 0 Å². The number of nitrogens with zero attached hydrogens (tertiary/aromatic N) is 6. The lowest BCUT2D eigenvalue weighted by Gasteiger charge is -2.17. The number of aromatic nitrogens is 5. The molecule has 3 heterocycles. The first-order valence-electron chi connectivity index (χ1n) is 8.68. The van der Waals surface area contributed by atoms with Gasteiger partial charge in [0.1, 0.15) is 17.9 Å². The zero-order valence-electron chi connectivity index (χ0n) is 15.8. The SMILES string of the molecule is CSCCC(NC(=O)Cn1nc(C)c([N+](=O)[O-])c1C)c1nnc2ccccn12. The monoisotopic (exact) mass is 403 g/mol. The van der Waals surface area contributed by atoms with E-state index < -0.39 is 4.92 Å². The quantitative estimate of drug-likeness (QED) is 0.451. The predicted octanol–water partition coefficient (Wildman–Crippen LogP) is 2.06. The molecule has 0 fully saturated rings. The van der Waals surface area contributed by atoms with E-state index in [9.17, 15) is 14.9 Å². The largest absolute Gasteiger partial charge is 0.344 e. The van der Waals surface area contributed by atoms with Gasteiger partial charge in [0.25, 0.3) is 0 Å². The molecule has 0 aromatic carbocycles. The van der Waals surface area contributed by atoms with Crippen LogP contribution in [0.1, 0.15) is 29.7 Å². The van der Waals surface area contributed by atoms with Crippen LogP contribution in [-0.4, -0.2) is 47.2 Å². The number of pyridine rings is 1. The van der Waals surface area contributed by atoms with Gasteiger partial charge in [0.2, 0.25) is 5.91 Å². The lowest BCUT2D eigenvalue weighted by molar-refractivity contribution is -0.386. The van der Waals surface area contributed by atoms with Crippen LogP contribution in [0.2, 0.25) is 0 Å². The van der Waals surface area contributed by atoms with E-state index in [1.807, 2.05) is 35.1 Å². The summed E-state index contributed by atoms with van der Waals surface area (Å²) in [6, 6.07) is 5.27. The van der Waals surface area contributed by atoms with Gasteiger partial charge in [0.05, 0.1) is 11.0 Å². The molecule has 0 aliphatic rings. The van der Waals surface area contributed by atoms with E-state index in [0.29, 0.717) is 23.6 Å². The van der Waals surface area contributed by atoms with Crippen molar-refractivity contribution in [2.45, 2.75) is 32.9 Å². The minimum atomic E-state index is -0.477. The zero-order valence-corrected chi connectivity index (χ0v) is 16.6. The van der Waals surface area contributed by atoms with Crippen molar-refractivity contribution >= 4 is 29.0 Å². The third-order valence-electron chi connectivity index (χ3n) is 4.42. The molecule has 1 unspecified atom stereocenters. The molecular weight excluding hydrogens is 382 g/mol. The number of hydrogen-bond donors (Lipinski definition) is 1. The van der Waals surface area contributed by atoms with E-state index in [-0.39, 0.29) is 29.9 Å². The van der Waals surface area contributed by atoms with Gasteiger partial charge in [-0.2, -0.15) is 16.9 Å². The van der Waals surface area contributed by atoms with Crippen molar-refractivity contribution in [3.63, 3.8) is 0 Å². The fraction of sp³-hybridized carbons (Fsp3) is 0.412. The van der Waals surface area contributed by atoms with Crippen LogP contribution in [0.5, 0.6) is 0 Å². The highest BCUT2D eigenvalue weighted by Gasteiger charge is 2.24. The standard InChI is InChI=1S/C17H21N7O3S/c1-11-16(24(26)27)12(2)23(21-11)10-15(25)18-13(7-9-28-3)17-20-19-14-6-4-5-8-22(14)17/h4-6,8,13H,7,9-10H2,1-3H3,(H,18,25). The van der Waals surface area contributed by atoms with Crippen LogP contribution < -0.4 is 5.32 Å². The molecule has 148 valence electrons. The molecule has 0 aliphatic carbocycles. The van der Waals surface area contributed by atoms with Crippen molar-refractivity contribution in [1.29, 1.82) is 0 Å². The third-order valence-corrected chi connectivity index (χ3v) is 5.06. The minimum Gasteiger partial charge on any atom is -0.344 e. The topological polar surface area (TPSA) is 120 Å². The summed E-state index contributed by atoms with van der Waals surface area (Å²) in [5.74, 6) is 1.19. The summed E-state index contributed by atoms with van der Waals surface area (Å²) >= 11 is 1.67. The van der Waals surface area contributed by atoms with Crippen molar-refractivity contribution in [3.05, 3.63) is 51.7 Å². The van der Waals surface area contributed by atoms with Crippen molar-refractivity contribution < 1.29 is 9.72 Å². The van der Waals surface area contributed by atoms with Gasteiger partial charge in [-0.3, -0.25) is 24.0 Å². The van der Waals surface area contributed by atoms with Crippen LogP contribution in [0, 0.1) is 24.0 Å². The Labute approximate surface area is 165 Å². The molecule has 3 aromatic heterocycles. The minimum absolute atomic E-state index is 0.0600. The highest BCUT2D eigenvalue weighted by Crippen LogP contribution is 2.22. The Morgan fingerprint density at radius 3 is 2.82 bits per heavy atom. The molecular formula is C17H21N7O3S. The summed E-state index contributed by atoms with van der Waals surface area (Å²) in [7, 11) is 0. The van der Waals surface area contributed by atoms with Gasteiger partial charge in [-0.05, 0) is 44.4 Å². The highest BCUT2D eigenvalue weighted by molar-refractivity contribution is 7.98. The van der Waals surface area contributed by atoms with E-state index in [2.05, 4.69) is 20.6 Å². The number of nitrogens with one attached hydrogen (secondary N) is 1. The Hall–Kier alpha value is -2.95. The average molecular weight is 403 g/mol. The highest BCUT2D eigenvalue weighted by atomic mass is 32.2. The maximum absolute atomic E-state index is 12.7. The summed E-state index contributed by atoms with van der Waals surface area (Å²) in [5, 5.41) is 26.6. The Bertz CT molecular complexity index is 1010. The maximum Gasteiger partial charge on any atom is 0.312 e. The number of carbonyl (C=O) groups excluding carboxylic acids is 1. The molecule has 3 aromatic rings. The molecule has 1 atom stereocenters. The van der Waals surface area contributed by atoms with Crippen LogP contribution in [0.25, 0.3) is 5.65 Å². The number of amides is 1. The van der Waals surface area contributed by atoms with E-state index >= 15 is 0 Å². The van der Waals surface area contributed by atoms with Gasteiger partial charge in [0.15, 0.2) is 11.5 Å². The zero-order chi connectivity index (χ0) is 20.3. The molecule has 0 saturated carbocycles. The van der Waals surface area contributed by atoms with E-state index in [0.717, 1.165) is 5.75 Å². The van der Waals surface area contributed by atoms with Crippen LogP contribution >= 0.6 is 11.8 Å². The molecule has 0 spiro atoms. The maximum atomic E-state index is 12.7. The van der Waals surface area contributed by atoms with Crippen LogP contribution in [0.4, 0.5) is 5.69 Å². The Balaban J connectivity index is 1.81. The molecule has 1 amide bonds. The van der Waals surface area contributed by atoms with Gasteiger partial charge < -0.3 is 5.32 Å². The molecule has 11 heteroatoms. The lowest BCUT2D eigenvalue weighted by Crippen LogP contribution is -2.33. The normalized spacial score (nSPS) is 12.2. The number of fused-ring (bicyclic) bond motifs is 1. The molecule has 3 rings (SSSR count). The Morgan fingerprint density at radius 2 is 2.14 bits per heavy atom. The number of carbonyl (C=O) groups is 1.